The number of halogens is 1. The van der Waals surface area contributed by atoms with E-state index in [1.165, 1.54) is 9.75 Å². The molecule has 3 nitrogen and oxygen atoms in total. The number of carboxylic acids is 1. The summed E-state index contributed by atoms with van der Waals surface area (Å²) in [6, 6.07) is 11.6. The third-order valence-electron chi connectivity index (χ3n) is 3.78. The van der Waals surface area contributed by atoms with Crippen molar-refractivity contribution in [2.45, 2.75) is 25.4 Å². The maximum absolute atomic E-state index is 11.2. The Kier molecular flexibility index (Phi) is 4.29. The van der Waals surface area contributed by atoms with E-state index in [1.54, 1.807) is 11.3 Å². The number of likely N-dealkylation sites (tertiary alicyclic amines) is 1. The molecule has 0 aliphatic carbocycles. The molecule has 2 heterocycles. The maximum Gasteiger partial charge on any atom is 0.320 e. The maximum atomic E-state index is 11.2. The van der Waals surface area contributed by atoms with Gasteiger partial charge in [-0.25, -0.2) is 0 Å². The van der Waals surface area contributed by atoms with E-state index >= 15 is 0 Å². The molecule has 0 unspecified atom stereocenters. The molecular weight excluding hydrogens is 306 g/mol. The van der Waals surface area contributed by atoms with Crippen LogP contribution in [0.15, 0.2) is 36.4 Å². The van der Waals surface area contributed by atoms with Crippen molar-refractivity contribution in [3.8, 4) is 10.4 Å². The molecule has 0 amide bonds. The van der Waals surface area contributed by atoms with Gasteiger partial charge in [-0.15, -0.1) is 11.3 Å². The van der Waals surface area contributed by atoms with Gasteiger partial charge in [0.2, 0.25) is 0 Å². The second kappa shape index (κ2) is 6.18. The summed E-state index contributed by atoms with van der Waals surface area (Å²) in [7, 11) is 0. The fraction of sp³-hybridized carbons (Fsp3) is 0.312. The quantitative estimate of drug-likeness (QED) is 0.921. The van der Waals surface area contributed by atoms with E-state index in [9.17, 15) is 9.90 Å². The Labute approximate surface area is 132 Å². The van der Waals surface area contributed by atoms with E-state index in [1.807, 2.05) is 24.3 Å². The highest BCUT2D eigenvalue weighted by molar-refractivity contribution is 7.15. The zero-order valence-corrected chi connectivity index (χ0v) is 13.0. The first-order valence-corrected chi connectivity index (χ1v) is 8.14. The van der Waals surface area contributed by atoms with Crippen LogP contribution in [-0.2, 0) is 11.3 Å². The Morgan fingerprint density at radius 1 is 1.38 bits per heavy atom. The molecule has 1 aliphatic heterocycles. The fourth-order valence-corrected chi connectivity index (χ4v) is 3.98. The van der Waals surface area contributed by atoms with Crippen molar-refractivity contribution < 1.29 is 9.90 Å². The molecule has 1 fully saturated rings. The Morgan fingerprint density at radius 2 is 2.24 bits per heavy atom. The van der Waals surface area contributed by atoms with Crippen molar-refractivity contribution in [2.24, 2.45) is 0 Å². The highest BCUT2D eigenvalue weighted by Crippen LogP contribution is 2.31. The summed E-state index contributed by atoms with van der Waals surface area (Å²) in [4.78, 5) is 15.6. The SMILES string of the molecule is O=C(O)[C@@H]1CCCN1Cc1ccc(-c2cccc(Cl)c2)s1. The molecule has 0 spiro atoms. The molecule has 110 valence electrons. The van der Waals surface area contributed by atoms with Crippen LogP contribution in [0.3, 0.4) is 0 Å². The van der Waals surface area contributed by atoms with Crippen molar-refractivity contribution in [1.29, 1.82) is 0 Å². The minimum Gasteiger partial charge on any atom is -0.480 e. The fourth-order valence-electron chi connectivity index (χ4n) is 2.76. The molecular formula is C16H16ClNO2S. The monoisotopic (exact) mass is 321 g/mol. The van der Waals surface area contributed by atoms with E-state index in [-0.39, 0.29) is 6.04 Å². The molecule has 1 atom stereocenters. The summed E-state index contributed by atoms with van der Waals surface area (Å²) in [5.41, 5.74) is 1.11. The molecule has 0 saturated carbocycles. The predicted octanol–water partition coefficient (Wildman–Crippen LogP) is 4.12. The van der Waals surface area contributed by atoms with Crippen LogP contribution in [0.25, 0.3) is 10.4 Å². The summed E-state index contributed by atoms with van der Waals surface area (Å²) in [6.45, 7) is 1.57. The molecule has 2 aromatic rings. The van der Waals surface area contributed by atoms with Gasteiger partial charge in [0.05, 0.1) is 0 Å². The molecule has 21 heavy (non-hydrogen) atoms. The van der Waals surface area contributed by atoms with Crippen molar-refractivity contribution in [3.05, 3.63) is 46.3 Å². The third-order valence-corrected chi connectivity index (χ3v) is 5.13. The lowest BCUT2D eigenvalue weighted by Crippen LogP contribution is -2.35. The zero-order valence-electron chi connectivity index (χ0n) is 11.5. The van der Waals surface area contributed by atoms with Crippen molar-refractivity contribution in [3.63, 3.8) is 0 Å². The first kappa shape index (κ1) is 14.6. The van der Waals surface area contributed by atoms with Crippen molar-refractivity contribution in [2.75, 3.05) is 6.54 Å². The number of benzene rings is 1. The number of aliphatic carboxylic acids is 1. The normalized spacial score (nSPS) is 19.0. The molecule has 0 radical (unpaired) electrons. The summed E-state index contributed by atoms with van der Waals surface area (Å²) in [6.07, 6.45) is 1.71. The molecule has 5 heteroatoms. The zero-order chi connectivity index (χ0) is 14.8. The average Bonchev–Trinajstić information content (AvgIpc) is 3.08. The van der Waals surface area contributed by atoms with E-state index in [0.29, 0.717) is 6.54 Å². The summed E-state index contributed by atoms with van der Waals surface area (Å²) < 4.78 is 0. The third kappa shape index (κ3) is 3.28. The second-order valence-corrected chi connectivity index (χ2v) is 6.85. The first-order chi connectivity index (χ1) is 10.1. The lowest BCUT2D eigenvalue weighted by molar-refractivity contribution is -0.142. The largest absolute Gasteiger partial charge is 0.480 e. The standard InChI is InChI=1S/C16H16ClNO2S/c17-12-4-1-3-11(9-12)15-7-6-13(21-15)10-18-8-2-5-14(18)16(19)20/h1,3-4,6-7,9,14H,2,5,8,10H2,(H,19,20)/t14-/m0/s1. The average molecular weight is 322 g/mol. The van der Waals surface area contributed by atoms with Gasteiger partial charge in [0, 0.05) is 21.3 Å². The number of carboxylic acid groups (broad SMARTS) is 1. The number of nitrogens with zero attached hydrogens (tertiary/aromatic N) is 1. The van der Waals surface area contributed by atoms with E-state index in [0.717, 1.165) is 30.0 Å². The van der Waals surface area contributed by atoms with Gasteiger partial charge in [-0.2, -0.15) is 0 Å². The number of hydrogen-bond acceptors (Lipinski definition) is 3. The van der Waals surface area contributed by atoms with E-state index < -0.39 is 5.97 Å². The van der Waals surface area contributed by atoms with Gasteiger partial charge in [-0.05, 0) is 49.2 Å². The minimum atomic E-state index is -0.709. The van der Waals surface area contributed by atoms with Crippen molar-refractivity contribution >= 4 is 28.9 Å². The van der Waals surface area contributed by atoms with Gasteiger partial charge < -0.3 is 5.11 Å². The smallest absolute Gasteiger partial charge is 0.320 e. The molecule has 1 N–H and O–H groups in total. The Hall–Kier alpha value is -1.36. The van der Waals surface area contributed by atoms with Crippen LogP contribution >= 0.6 is 22.9 Å². The van der Waals surface area contributed by atoms with Gasteiger partial charge >= 0.3 is 5.97 Å². The highest BCUT2D eigenvalue weighted by Gasteiger charge is 2.30. The number of thiophene rings is 1. The molecule has 1 aromatic carbocycles. The van der Waals surface area contributed by atoms with Crippen LogP contribution in [0, 0.1) is 0 Å². The number of carbonyl (C=O) groups is 1. The van der Waals surface area contributed by atoms with Gasteiger partial charge in [-0.1, -0.05) is 23.7 Å². The Balaban J connectivity index is 1.75. The summed E-state index contributed by atoms with van der Waals surface area (Å²) >= 11 is 7.73. The molecule has 0 bridgehead atoms. The Bertz CT molecular complexity index is 655. The van der Waals surface area contributed by atoms with Crippen LogP contribution in [0.2, 0.25) is 5.02 Å². The van der Waals surface area contributed by atoms with Gasteiger partial charge in [-0.3, -0.25) is 9.69 Å². The Morgan fingerprint density at radius 3 is 3.00 bits per heavy atom. The van der Waals surface area contributed by atoms with Gasteiger partial charge in [0.1, 0.15) is 6.04 Å². The topological polar surface area (TPSA) is 40.5 Å². The van der Waals surface area contributed by atoms with Crippen molar-refractivity contribution in [1.82, 2.24) is 4.90 Å². The van der Waals surface area contributed by atoms with Crippen LogP contribution in [-0.4, -0.2) is 28.6 Å². The summed E-state index contributed by atoms with van der Waals surface area (Å²) in [5, 5.41) is 9.95. The lowest BCUT2D eigenvalue weighted by Gasteiger charge is -2.19. The predicted molar refractivity (Wildman–Crippen MR) is 85.8 cm³/mol. The number of rotatable bonds is 4. The van der Waals surface area contributed by atoms with Crippen LogP contribution in [0.5, 0.6) is 0 Å². The van der Waals surface area contributed by atoms with Crippen LogP contribution in [0.1, 0.15) is 17.7 Å². The van der Waals surface area contributed by atoms with Crippen LogP contribution in [0.4, 0.5) is 0 Å². The highest BCUT2D eigenvalue weighted by atomic mass is 35.5. The lowest BCUT2D eigenvalue weighted by atomic mass is 10.2. The molecule has 1 saturated heterocycles. The van der Waals surface area contributed by atoms with Crippen LogP contribution < -0.4 is 0 Å². The van der Waals surface area contributed by atoms with E-state index in [4.69, 9.17) is 11.6 Å². The van der Waals surface area contributed by atoms with Gasteiger partial charge in [0.25, 0.3) is 0 Å². The van der Waals surface area contributed by atoms with E-state index in [2.05, 4.69) is 17.0 Å². The molecule has 3 rings (SSSR count). The molecule has 1 aliphatic rings. The molecule has 1 aromatic heterocycles. The summed E-state index contributed by atoms with van der Waals surface area (Å²) in [5.74, 6) is -0.709. The number of hydrogen-bond donors (Lipinski definition) is 1. The minimum absolute atomic E-state index is 0.332. The van der Waals surface area contributed by atoms with Gasteiger partial charge in [0.15, 0.2) is 0 Å². The second-order valence-electron chi connectivity index (χ2n) is 5.24. The first-order valence-electron chi connectivity index (χ1n) is 6.95.